The van der Waals surface area contributed by atoms with E-state index < -0.39 is 12.0 Å². The molecule has 3 aromatic rings. The van der Waals surface area contributed by atoms with Gasteiger partial charge in [-0.1, -0.05) is 42.2 Å². The van der Waals surface area contributed by atoms with Crippen molar-refractivity contribution in [2.24, 2.45) is 4.99 Å². The van der Waals surface area contributed by atoms with Gasteiger partial charge in [0, 0.05) is 0 Å². The number of allylic oxidation sites excluding steroid dienone is 1. The number of fused-ring (bicyclic) bond motifs is 1. The van der Waals surface area contributed by atoms with E-state index in [9.17, 15) is 9.59 Å². The number of rotatable bonds is 10. The van der Waals surface area contributed by atoms with Crippen LogP contribution in [0, 0.1) is 0 Å². The summed E-state index contributed by atoms with van der Waals surface area (Å²) in [6, 6.07) is 12.1. The highest BCUT2D eigenvalue weighted by Crippen LogP contribution is 2.36. The zero-order valence-corrected chi connectivity index (χ0v) is 22.7. The largest absolute Gasteiger partial charge is 0.493 e. The third kappa shape index (κ3) is 5.43. The van der Waals surface area contributed by atoms with Crippen molar-refractivity contribution in [3.05, 3.63) is 97.2 Å². The molecule has 0 saturated heterocycles. The molecule has 9 heteroatoms. The summed E-state index contributed by atoms with van der Waals surface area (Å²) in [7, 11) is 1.56. The van der Waals surface area contributed by atoms with Crippen LogP contribution in [0.1, 0.15) is 37.9 Å². The first kappa shape index (κ1) is 26.9. The van der Waals surface area contributed by atoms with Gasteiger partial charge in [-0.05, 0) is 62.2 Å². The van der Waals surface area contributed by atoms with Crippen LogP contribution >= 0.6 is 11.3 Å². The number of hydrogen-bond acceptors (Lipinski definition) is 8. The van der Waals surface area contributed by atoms with Crippen LogP contribution in [0.2, 0.25) is 0 Å². The third-order valence-corrected chi connectivity index (χ3v) is 6.85. The molecule has 1 aliphatic rings. The van der Waals surface area contributed by atoms with Crippen LogP contribution in [-0.4, -0.2) is 37.5 Å². The van der Waals surface area contributed by atoms with Gasteiger partial charge in [-0.3, -0.25) is 9.36 Å². The molecule has 4 rings (SSSR count). The monoisotopic (exact) mass is 534 g/mol. The highest BCUT2D eigenvalue weighted by molar-refractivity contribution is 7.07. The Labute approximate surface area is 224 Å². The number of benzene rings is 2. The highest BCUT2D eigenvalue weighted by atomic mass is 32.1. The second-order valence-corrected chi connectivity index (χ2v) is 9.32. The van der Waals surface area contributed by atoms with Crippen molar-refractivity contribution < 1.29 is 23.7 Å². The third-order valence-electron chi connectivity index (χ3n) is 5.87. The van der Waals surface area contributed by atoms with Crippen LogP contribution in [-0.2, 0) is 9.53 Å². The molecule has 8 nitrogen and oxygen atoms in total. The van der Waals surface area contributed by atoms with E-state index in [0.717, 1.165) is 5.56 Å². The zero-order valence-electron chi connectivity index (χ0n) is 21.9. The first-order valence-electron chi connectivity index (χ1n) is 12.3. The van der Waals surface area contributed by atoms with Crippen LogP contribution in [0.5, 0.6) is 17.2 Å². The van der Waals surface area contributed by atoms with E-state index in [-0.39, 0.29) is 12.2 Å². The molecule has 0 spiro atoms. The Morgan fingerprint density at radius 3 is 2.53 bits per heavy atom. The first-order chi connectivity index (χ1) is 18.4. The average Bonchev–Trinajstić information content (AvgIpc) is 3.21. The molecule has 2 heterocycles. The lowest BCUT2D eigenvalue weighted by Gasteiger charge is -2.25. The van der Waals surface area contributed by atoms with Gasteiger partial charge in [-0.2, -0.15) is 0 Å². The molecular formula is C29H30N2O6S. The van der Waals surface area contributed by atoms with Crippen molar-refractivity contribution in [1.29, 1.82) is 0 Å². The number of aromatic nitrogens is 1. The number of hydrogen-bond donors (Lipinski definition) is 0. The molecule has 0 radical (unpaired) electrons. The van der Waals surface area contributed by atoms with E-state index in [2.05, 4.69) is 11.6 Å². The first-order valence-corrected chi connectivity index (χ1v) is 13.1. The Balaban J connectivity index is 1.87. The lowest BCUT2D eigenvalue weighted by atomic mass is 9.95. The van der Waals surface area contributed by atoms with Gasteiger partial charge in [0.15, 0.2) is 16.3 Å². The standard InChI is InChI=1S/C29H30N2O6S/c1-6-15-37-21-12-9-19(10-13-21)16-24-27(32)31-26(20-11-14-22(34-5)23(17-20)35-7-2)25(28(33)36-8-3)18(4)30-29(31)38-24/h6,9-14,16-17,26H,1,7-8,15H2,2-5H3/t26-/m0/s1. The molecule has 0 fully saturated rings. The smallest absolute Gasteiger partial charge is 0.338 e. The minimum Gasteiger partial charge on any atom is -0.493 e. The minimum absolute atomic E-state index is 0.200. The summed E-state index contributed by atoms with van der Waals surface area (Å²) < 4.78 is 24.2. The van der Waals surface area contributed by atoms with Gasteiger partial charge < -0.3 is 18.9 Å². The van der Waals surface area contributed by atoms with Crippen molar-refractivity contribution in [3.63, 3.8) is 0 Å². The van der Waals surface area contributed by atoms with E-state index >= 15 is 0 Å². The van der Waals surface area contributed by atoms with Crippen molar-refractivity contribution in [1.82, 2.24) is 4.57 Å². The predicted molar refractivity (Wildman–Crippen MR) is 147 cm³/mol. The van der Waals surface area contributed by atoms with Crippen LogP contribution in [0.3, 0.4) is 0 Å². The fourth-order valence-electron chi connectivity index (χ4n) is 4.21. The molecule has 198 valence electrons. The number of esters is 1. The van der Waals surface area contributed by atoms with Gasteiger partial charge in [-0.25, -0.2) is 9.79 Å². The Hall–Kier alpha value is -4.11. The highest BCUT2D eigenvalue weighted by Gasteiger charge is 2.34. The summed E-state index contributed by atoms with van der Waals surface area (Å²) in [5, 5.41) is 0. The maximum Gasteiger partial charge on any atom is 0.338 e. The second-order valence-electron chi connectivity index (χ2n) is 8.31. The summed E-state index contributed by atoms with van der Waals surface area (Å²) in [6.45, 7) is 10.1. The average molecular weight is 535 g/mol. The summed E-state index contributed by atoms with van der Waals surface area (Å²) in [6.07, 6.45) is 3.49. The fourth-order valence-corrected chi connectivity index (χ4v) is 5.25. The lowest BCUT2D eigenvalue weighted by Crippen LogP contribution is -2.40. The number of ether oxygens (including phenoxy) is 4. The van der Waals surface area contributed by atoms with Crippen LogP contribution < -0.4 is 29.1 Å². The molecular weight excluding hydrogens is 504 g/mol. The van der Waals surface area contributed by atoms with E-state index in [1.54, 1.807) is 49.8 Å². The Bertz CT molecular complexity index is 1550. The number of methoxy groups -OCH3 is 1. The molecule has 2 aromatic carbocycles. The number of carbonyl (C=O) groups excluding carboxylic acids is 1. The summed E-state index contributed by atoms with van der Waals surface area (Å²) in [5.41, 5.74) is 2.07. The minimum atomic E-state index is -0.743. The normalized spacial score (nSPS) is 14.9. The second kappa shape index (κ2) is 12.0. The van der Waals surface area contributed by atoms with Crippen LogP contribution in [0.4, 0.5) is 0 Å². The van der Waals surface area contributed by atoms with Gasteiger partial charge in [0.2, 0.25) is 0 Å². The number of nitrogens with zero attached hydrogens (tertiary/aromatic N) is 2. The van der Waals surface area contributed by atoms with Gasteiger partial charge in [0.1, 0.15) is 12.4 Å². The maximum absolute atomic E-state index is 13.8. The van der Waals surface area contributed by atoms with Crippen molar-refractivity contribution in [3.8, 4) is 17.2 Å². The predicted octanol–water partition coefficient (Wildman–Crippen LogP) is 3.77. The van der Waals surface area contributed by atoms with E-state index in [1.807, 2.05) is 37.3 Å². The molecule has 0 saturated carbocycles. The number of thiazole rings is 1. The molecule has 38 heavy (non-hydrogen) atoms. The molecule has 0 amide bonds. The SMILES string of the molecule is C=CCOc1ccc(C=c2sc3n(c2=O)[C@@H](c2ccc(OC)c(OCC)c2)C(C(=O)OCC)=C(C)N=3)cc1. The summed E-state index contributed by atoms with van der Waals surface area (Å²) in [4.78, 5) is 32.0. The van der Waals surface area contributed by atoms with E-state index in [4.69, 9.17) is 18.9 Å². The van der Waals surface area contributed by atoms with Gasteiger partial charge >= 0.3 is 5.97 Å². The zero-order chi connectivity index (χ0) is 27.2. The fraction of sp³-hybridized carbons (Fsp3) is 0.276. The summed E-state index contributed by atoms with van der Waals surface area (Å²) in [5.74, 6) is 1.27. The Morgan fingerprint density at radius 2 is 1.87 bits per heavy atom. The molecule has 1 aliphatic heterocycles. The van der Waals surface area contributed by atoms with E-state index in [1.165, 1.54) is 11.3 Å². The molecule has 0 N–H and O–H groups in total. The van der Waals surface area contributed by atoms with Crippen molar-refractivity contribution >= 4 is 23.4 Å². The van der Waals surface area contributed by atoms with Gasteiger partial charge in [0.25, 0.3) is 5.56 Å². The van der Waals surface area contributed by atoms with E-state index in [0.29, 0.717) is 56.6 Å². The lowest BCUT2D eigenvalue weighted by molar-refractivity contribution is -0.139. The summed E-state index contributed by atoms with van der Waals surface area (Å²) >= 11 is 1.27. The molecule has 0 bridgehead atoms. The van der Waals surface area contributed by atoms with Crippen molar-refractivity contribution in [2.75, 3.05) is 26.9 Å². The quantitative estimate of drug-likeness (QED) is 0.291. The van der Waals surface area contributed by atoms with Crippen LogP contribution in [0.25, 0.3) is 6.08 Å². The molecule has 1 aromatic heterocycles. The molecule has 0 aliphatic carbocycles. The van der Waals surface area contributed by atoms with Gasteiger partial charge in [-0.15, -0.1) is 0 Å². The maximum atomic E-state index is 13.8. The molecule has 1 atom stereocenters. The topological polar surface area (TPSA) is 88.3 Å². The number of carbonyl (C=O) groups is 1. The van der Waals surface area contributed by atoms with Gasteiger partial charge in [0.05, 0.1) is 42.2 Å². The Morgan fingerprint density at radius 1 is 1.11 bits per heavy atom. The Kier molecular flexibility index (Phi) is 8.48. The van der Waals surface area contributed by atoms with Crippen molar-refractivity contribution in [2.45, 2.75) is 26.8 Å². The molecule has 0 unspecified atom stereocenters. The van der Waals surface area contributed by atoms with Crippen LogP contribution in [0.15, 0.2) is 76.2 Å².